The maximum Gasteiger partial charge on any atom is 0.343 e. The van der Waals surface area contributed by atoms with Crippen molar-refractivity contribution in [3.05, 3.63) is 94.6 Å². The summed E-state index contributed by atoms with van der Waals surface area (Å²) in [7, 11) is 0. The summed E-state index contributed by atoms with van der Waals surface area (Å²) >= 11 is 0. The minimum atomic E-state index is -0.956. The molecule has 3 aromatic carbocycles. The first-order valence-corrected chi connectivity index (χ1v) is 13.2. The highest BCUT2D eigenvalue weighted by Gasteiger charge is 2.20. The average molecular weight is 548 g/mol. The lowest BCUT2D eigenvalue weighted by atomic mass is 10.0. The summed E-state index contributed by atoms with van der Waals surface area (Å²) in [5, 5.41) is 20.5. The van der Waals surface area contributed by atoms with E-state index in [1.54, 1.807) is 30.3 Å². The molecule has 0 aliphatic carbocycles. The Labute approximate surface area is 233 Å². The molecule has 0 radical (unpaired) electrons. The third kappa shape index (κ3) is 8.97. The summed E-state index contributed by atoms with van der Waals surface area (Å²) in [4.78, 5) is 34.6. The molecule has 0 unspecified atom stereocenters. The number of unbranched alkanes of at least 4 members (excludes halogenated alkanes) is 3. The molecule has 0 bridgehead atoms. The van der Waals surface area contributed by atoms with Gasteiger partial charge in [0, 0.05) is 11.6 Å². The number of carbonyl (C=O) groups excluding carboxylic acids is 1. The Balaban J connectivity index is 1.53. The predicted octanol–water partition coefficient (Wildman–Crippen LogP) is 7.24. The molecule has 0 aliphatic rings. The third-order valence-corrected chi connectivity index (χ3v) is 6.05. The number of hydrogen-bond donors (Lipinski definition) is 1. The lowest BCUT2D eigenvalue weighted by Crippen LogP contribution is -2.10. The molecule has 210 valence electrons. The van der Waals surface area contributed by atoms with Crippen LogP contribution in [0.25, 0.3) is 11.1 Å². The van der Waals surface area contributed by atoms with Crippen LogP contribution in [0.5, 0.6) is 17.2 Å². The molecule has 9 heteroatoms. The van der Waals surface area contributed by atoms with Crippen molar-refractivity contribution in [2.45, 2.75) is 45.4 Å². The number of hydrogen-bond acceptors (Lipinski definition) is 7. The molecule has 0 heterocycles. The zero-order valence-corrected chi connectivity index (χ0v) is 22.5. The second-order valence-corrected chi connectivity index (χ2v) is 9.15. The second-order valence-electron chi connectivity index (χ2n) is 9.15. The highest BCUT2D eigenvalue weighted by Crippen LogP contribution is 2.33. The molecule has 0 spiro atoms. The number of carboxylic acids is 1. The van der Waals surface area contributed by atoms with E-state index in [1.807, 2.05) is 19.1 Å². The largest absolute Gasteiger partial charge is 0.494 e. The maximum absolute atomic E-state index is 12.7. The first kappa shape index (κ1) is 29.9. The molecule has 3 aromatic rings. The summed E-state index contributed by atoms with van der Waals surface area (Å²) in [5.74, 6) is -0.518. The Bertz CT molecular complexity index is 1320. The van der Waals surface area contributed by atoms with E-state index in [9.17, 15) is 19.7 Å². The van der Waals surface area contributed by atoms with Crippen molar-refractivity contribution in [3.63, 3.8) is 0 Å². The fraction of sp³-hybridized carbons (Fsp3) is 0.290. The van der Waals surface area contributed by atoms with E-state index in [-0.39, 0.29) is 22.6 Å². The number of nitro benzene ring substituents is 1. The van der Waals surface area contributed by atoms with Crippen LogP contribution in [-0.4, -0.2) is 35.2 Å². The number of ether oxygens (including phenoxy) is 3. The number of aliphatic carboxylic acids is 1. The summed E-state index contributed by atoms with van der Waals surface area (Å²) in [6.07, 6.45) is 4.72. The van der Waals surface area contributed by atoms with Crippen LogP contribution >= 0.6 is 0 Å². The lowest BCUT2D eigenvalue weighted by Gasteiger charge is -2.09. The van der Waals surface area contributed by atoms with E-state index in [0.717, 1.165) is 43.4 Å². The zero-order valence-electron chi connectivity index (χ0n) is 22.5. The Hall–Kier alpha value is -4.66. The fourth-order valence-electron chi connectivity index (χ4n) is 3.83. The van der Waals surface area contributed by atoms with Crippen molar-refractivity contribution in [1.82, 2.24) is 0 Å². The molecule has 40 heavy (non-hydrogen) atoms. The monoisotopic (exact) mass is 547 g/mol. The molecular weight excluding hydrogens is 514 g/mol. The van der Waals surface area contributed by atoms with Gasteiger partial charge < -0.3 is 19.3 Å². The van der Waals surface area contributed by atoms with Crippen molar-refractivity contribution >= 4 is 17.6 Å². The Morgan fingerprint density at radius 3 is 2.08 bits per heavy atom. The molecule has 3 rings (SSSR count). The van der Waals surface area contributed by atoms with Gasteiger partial charge in [-0.1, -0.05) is 44.5 Å². The smallest absolute Gasteiger partial charge is 0.343 e. The van der Waals surface area contributed by atoms with E-state index in [1.165, 1.54) is 24.3 Å². The number of nitro groups is 1. The summed E-state index contributed by atoms with van der Waals surface area (Å²) < 4.78 is 16.6. The van der Waals surface area contributed by atoms with Gasteiger partial charge in [0.1, 0.15) is 11.5 Å². The Morgan fingerprint density at radius 2 is 1.45 bits per heavy atom. The van der Waals surface area contributed by atoms with Crippen LogP contribution in [-0.2, 0) is 4.79 Å². The van der Waals surface area contributed by atoms with Gasteiger partial charge in [0.05, 0.1) is 23.7 Å². The van der Waals surface area contributed by atoms with E-state index < -0.39 is 16.9 Å². The van der Waals surface area contributed by atoms with E-state index in [2.05, 4.69) is 6.58 Å². The Kier molecular flexibility index (Phi) is 11.3. The van der Waals surface area contributed by atoms with Crippen molar-refractivity contribution < 1.29 is 33.8 Å². The van der Waals surface area contributed by atoms with E-state index >= 15 is 0 Å². The number of nitrogens with zero attached hydrogens (tertiary/aromatic N) is 1. The van der Waals surface area contributed by atoms with Gasteiger partial charge in [0.25, 0.3) is 0 Å². The summed E-state index contributed by atoms with van der Waals surface area (Å²) in [5.41, 5.74) is 1.52. The van der Waals surface area contributed by atoms with Crippen LogP contribution in [0.1, 0.15) is 55.8 Å². The number of carbonyl (C=O) groups is 2. The fourth-order valence-corrected chi connectivity index (χ4v) is 3.83. The topological polar surface area (TPSA) is 125 Å². The van der Waals surface area contributed by atoms with Crippen molar-refractivity contribution in [2.24, 2.45) is 0 Å². The van der Waals surface area contributed by atoms with Crippen LogP contribution in [0.2, 0.25) is 0 Å². The average Bonchev–Trinajstić information content (AvgIpc) is 2.96. The quantitative estimate of drug-likeness (QED) is 0.0497. The third-order valence-electron chi connectivity index (χ3n) is 6.05. The lowest BCUT2D eigenvalue weighted by molar-refractivity contribution is -0.385. The zero-order chi connectivity index (χ0) is 28.9. The highest BCUT2D eigenvalue weighted by molar-refractivity contribution is 5.92. The van der Waals surface area contributed by atoms with E-state index in [4.69, 9.17) is 19.3 Å². The highest BCUT2D eigenvalue weighted by atomic mass is 16.6. The minimum Gasteiger partial charge on any atom is -0.494 e. The van der Waals surface area contributed by atoms with Gasteiger partial charge in [-0.05, 0) is 79.3 Å². The standard InChI is InChI=1S/C31H33NO8/c1-3-19-38-26-14-9-23(10-15-26)25-13-18-29(28(21-25)32(36)37)40-31(35)24-11-16-27(17-12-24)39-20-7-5-4-6-8-22(2)30(33)34/h9-18,21H,2-8,19-20H2,1H3,(H,33,34). The minimum absolute atomic E-state index is 0.145. The SMILES string of the molecule is C=C(CCCCCCOc1ccc(C(=O)Oc2ccc(-c3ccc(OCCC)cc3)cc2[N+](=O)[O-])cc1)C(=O)O. The molecule has 0 fully saturated rings. The second kappa shape index (κ2) is 15.1. The van der Waals surface area contributed by atoms with Gasteiger partial charge in [-0.25, -0.2) is 9.59 Å². The molecule has 0 atom stereocenters. The molecule has 0 saturated carbocycles. The van der Waals surface area contributed by atoms with Crippen LogP contribution < -0.4 is 14.2 Å². The van der Waals surface area contributed by atoms with Crippen molar-refractivity contribution in [3.8, 4) is 28.4 Å². The van der Waals surface area contributed by atoms with Crippen LogP contribution in [0.15, 0.2) is 78.9 Å². The molecule has 0 aromatic heterocycles. The molecule has 0 aliphatic heterocycles. The first-order chi connectivity index (χ1) is 19.3. The summed E-state index contributed by atoms with van der Waals surface area (Å²) in [6, 6.07) is 18.1. The number of benzene rings is 3. The number of rotatable bonds is 16. The molecule has 0 amide bonds. The predicted molar refractivity (Wildman–Crippen MR) is 151 cm³/mol. The van der Waals surface area contributed by atoms with Crippen molar-refractivity contribution in [2.75, 3.05) is 13.2 Å². The van der Waals surface area contributed by atoms with Crippen LogP contribution in [0.3, 0.4) is 0 Å². The van der Waals surface area contributed by atoms with Gasteiger partial charge in [-0.3, -0.25) is 10.1 Å². The Morgan fingerprint density at radius 1 is 0.850 bits per heavy atom. The van der Waals surface area contributed by atoms with Crippen molar-refractivity contribution in [1.29, 1.82) is 0 Å². The summed E-state index contributed by atoms with van der Waals surface area (Å²) in [6.45, 7) is 6.63. The molecule has 9 nitrogen and oxygen atoms in total. The van der Waals surface area contributed by atoms with Crippen LogP contribution in [0.4, 0.5) is 5.69 Å². The first-order valence-electron chi connectivity index (χ1n) is 13.2. The molecule has 0 saturated heterocycles. The van der Waals surface area contributed by atoms with Gasteiger partial charge in [0.15, 0.2) is 0 Å². The number of carboxylic acid groups (broad SMARTS) is 1. The van der Waals surface area contributed by atoms with Crippen LogP contribution in [0, 0.1) is 10.1 Å². The van der Waals surface area contributed by atoms with Gasteiger partial charge >= 0.3 is 17.6 Å². The van der Waals surface area contributed by atoms with Gasteiger partial charge in [-0.15, -0.1) is 0 Å². The normalized spacial score (nSPS) is 10.5. The molecular formula is C31H33NO8. The number of esters is 1. The maximum atomic E-state index is 12.7. The van der Waals surface area contributed by atoms with Gasteiger partial charge in [-0.2, -0.15) is 0 Å². The molecule has 1 N–H and O–H groups in total. The van der Waals surface area contributed by atoms with Gasteiger partial charge in [0.2, 0.25) is 5.75 Å². The van der Waals surface area contributed by atoms with E-state index in [0.29, 0.717) is 30.9 Å².